The van der Waals surface area contributed by atoms with E-state index < -0.39 is 0 Å². The monoisotopic (exact) mass is 415 g/mol. The predicted octanol–water partition coefficient (Wildman–Crippen LogP) is 4.04. The maximum absolute atomic E-state index is 14.9. The van der Waals surface area contributed by atoms with Gasteiger partial charge in [-0.15, -0.1) is 0 Å². The highest BCUT2D eigenvalue weighted by Gasteiger charge is 2.14. The minimum atomic E-state index is -0.388. The first-order valence-corrected chi connectivity index (χ1v) is 9.64. The Morgan fingerprint density at radius 1 is 1.10 bits per heavy atom. The van der Waals surface area contributed by atoms with E-state index in [0.717, 1.165) is 33.4 Å². The standard InChI is InChI=1S/C23H18FN5O2/c1-29-13-26-23-17(3-2-4-21(23)29)16-7-6-15(9-19(16)24)31-12-20-18(11-27-28-20)14-5-8-22(30)25-10-14/h2-11,13H,12H2,1H3,(H,25,30)(H,27,28). The van der Waals surface area contributed by atoms with Gasteiger partial charge in [-0.1, -0.05) is 12.1 Å². The van der Waals surface area contributed by atoms with E-state index in [0.29, 0.717) is 11.3 Å². The van der Waals surface area contributed by atoms with Crippen LogP contribution in [0.1, 0.15) is 5.69 Å². The zero-order valence-corrected chi connectivity index (χ0v) is 16.6. The summed E-state index contributed by atoms with van der Waals surface area (Å²) in [6.45, 7) is 0.170. The number of pyridine rings is 1. The quantitative estimate of drug-likeness (QED) is 0.454. The number of halogens is 1. The van der Waals surface area contributed by atoms with Crippen LogP contribution in [0.5, 0.6) is 5.75 Å². The zero-order chi connectivity index (χ0) is 21.4. The van der Waals surface area contributed by atoms with Crippen LogP contribution in [0.4, 0.5) is 4.39 Å². The van der Waals surface area contributed by atoms with Crippen molar-refractivity contribution in [3.8, 4) is 28.0 Å². The molecule has 0 fully saturated rings. The van der Waals surface area contributed by atoms with Crippen LogP contribution >= 0.6 is 0 Å². The molecular weight excluding hydrogens is 397 g/mol. The van der Waals surface area contributed by atoms with Crippen molar-refractivity contribution in [1.29, 1.82) is 0 Å². The largest absolute Gasteiger partial charge is 0.487 e. The van der Waals surface area contributed by atoms with Gasteiger partial charge < -0.3 is 14.3 Å². The molecule has 3 aromatic heterocycles. The summed E-state index contributed by atoms with van der Waals surface area (Å²) in [7, 11) is 1.91. The predicted molar refractivity (Wildman–Crippen MR) is 115 cm³/mol. The Morgan fingerprint density at radius 2 is 2.00 bits per heavy atom. The molecule has 0 bridgehead atoms. The van der Waals surface area contributed by atoms with Crippen molar-refractivity contribution in [3.05, 3.63) is 89.1 Å². The summed E-state index contributed by atoms with van der Waals surface area (Å²) in [5.74, 6) is 0.0117. The van der Waals surface area contributed by atoms with E-state index in [1.54, 1.807) is 36.9 Å². The maximum atomic E-state index is 14.9. The van der Waals surface area contributed by atoms with Crippen LogP contribution < -0.4 is 10.3 Å². The average molecular weight is 415 g/mol. The van der Waals surface area contributed by atoms with Crippen molar-refractivity contribution in [2.24, 2.45) is 7.05 Å². The lowest BCUT2D eigenvalue weighted by atomic mass is 10.0. The van der Waals surface area contributed by atoms with Crippen LogP contribution in [0.25, 0.3) is 33.3 Å². The van der Waals surface area contributed by atoms with Gasteiger partial charge >= 0.3 is 0 Å². The molecule has 0 saturated heterocycles. The van der Waals surface area contributed by atoms with Crippen LogP contribution in [0.15, 0.2) is 72.0 Å². The molecule has 0 saturated carbocycles. The van der Waals surface area contributed by atoms with Gasteiger partial charge in [-0.2, -0.15) is 5.10 Å². The zero-order valence-electron chi connectivity index (χ0n) is 16.6. The first kappa shape index (κ1) is 18.8. The van der Waals surface area contributed by atoms with Gasteiger partial charge in [-0.05, 0) is 24.3 Å². The fourth-order valence-corrected chi connectivity index (χ4v) is 3.58. The topological polar surface area (TPSA) is 88.6 Å². The number of benzene rings is 2. The molecule has 0 aliphatic heterocycles. The van der Waals surface area contributed by atoms with Gasteiger partial charge in [0.15, 0.2) is 0 Å². The van der Waals surface area contributed by atoms with Gasteiger partial charge in [0.25, 0.3) is 0 Å². The molecule has 0 aliphatic rings. The molecule has 3 heterocycles. The number of nitrogens with one attached hydrogen (secondary N) is 2. The average Bonchev–Trinajstić information content (AvgIpc) is 3.40. The van der Waals surface area contributed by atoms with Gasteiger partial charge in [-0.3, -0.25) is 9.89 Å². The highest BCUT2D eigenvalue weighted by Crippen LogP contribution is 2.31. The molecule has 5 rings (SSSR count). The normalized spacial score (nSPS) is 11.2. The second kappa shape index (κ2) is 7.56. The van der Waals surface area contributed by atoms with Gasteiger partial charge in [0.05, 0.1) is 29.3 Å². The van der Waals surface area contributed by atoms with E-state index in [9.17, 15) is 9.18 Å². The summed E-state index contributed by atoms with van der Waals surface area (Å²) in [6.07, 6.45) is 4.99. The Morgan fingerprint density at radius 3 is 2.81 bits per heavy atom. The van der Waals surface area contributed by atoms with E-state index in [1.807, 2.05) is 29.8 Å². The van der Waals surface area contributed by atoms with E-state index in [1.165, 1.54) is 12.1 Å². The number of rotatable bonds is 5. The number of aryl methyl sites for hydroxylation is 1. The molecule has 154 valence electrons. The summed E-state index contributed by atoms with van der Waals surface area (Å²) in [5.41, 5.74) is 5.03. The molecule has 0 spiro atoms. The van der Waals surface area contributed by atoms with Gasteiger partial charge in [0, 0.05) is 47.6 Å². The lowest BCUT2D eigenvalue weighted by Crippen LogP contribution is -2.02. The van der Waals surface area contributed by atoms with E-state index in [2.05, 4.69) is 20.2 Å². The summed E-state index contributed by atoms with van der Waals surface area (Å²) in [4.78, 5) is 18.3. The summed E-state index contributed by atoms with van der Waals surface area (Å²) in [5, 5.41) is 6.95. The fraction of sp³-hybridized carbons (Fsp3) is 0.0870. The van der Waals surface area contributed by atoms with Crippen molar-refractivity contribution in [1.82, 2.24) is 24.7 Å². The van der Waals surface area contributed by atoms with E-state index in [4.69, 9.17) is 4.74 Å². The Hall–Kier alpha value is -4.20. The minimum absolute atomic E-state index is 0.170. The van der Waals surface area contributed by atoms with Crippen molar-refractivity contribution in [3.63, 3.8) is 0 Å². The number of nitrogens with zero attached hydrogens (tertiary/aromatic N) is 3. The number of fused-ring (bicyclic) bond motifs is 1. The summed E-state index contributed by atoms with van der Waals surface area (Å²) in [6, 6.07) is 13.6. The van der Waals surface area contributed by atoms with Crippen LogP contribution in [-0.4, -0.2) is 24.7 Å². The number of aromatic nitrogens is 5. The highest BCUT2D eigenvalue weighted by atomic mass is 19.1. The third kappa shape index (κ3) is 3.48. The Balaban J connectivity index is 1.39. The number of imidazole rings is 1. The highest BCUT2D eigenvalue weighted by molar-refractivity contribution is 5.92. The number of hydrogen-bond acceptors (Lipinski definition) is 4. The molecule has 31 heavy (non-hydrogen) atoms. The fourth-order valence-electron chi connectivity index (χ4n) is 3.58. The molecule has 5 aromatic rings. The molecular formula is C23H18FN5O2. The third-order valence-electron chi connectivity index (χ3n) is 5.18. The minimum Gasteiger partial charge on any atom is -0.487 e. The number of aromatic amines is 2. The molecule has 0 amide bonds. The van der Waals surface area contributed by atoms with E-state index >= 15 is 0 Å². The summed E-state index contributed by atoms with van der Waals surface area (Å²) >= 11 is 0. The molecule has 0 aliphatic carbocycles. The molecule has 0 atom stereocenters. The molecule has 8 heteroatoms. The van der Waals surface area contributed by atoms with Gasteiger partial charge in [0.1, 0.15) is 18.2 Å². The Kier molecular flexibility index (Phi) is 4.59. The molecule has 7 nitrogen and oxygen atoms in total. The molecule has 0 radical (unpaired) electrons. The molecule has 2 aromatic carbocycles. The second-order valence-corrected chi connectivity index (χ2v) is 7.16. The van der Waals surface area contributed by atoms with Crippen LogP contribution in [0.2, 0.25) is 0 Å². The van der Waals surface area contributed by atoms with Crippen molar-refractivity contribution >= 4 is 11.0 Å². The number of para-hydroxylation sites is 1. The van der Waals surface area contributed by atoms with Crippen LogP contribution in [-0.2, 0) is 13.7 Å². The number of H-pyrrole nitrogens is 2. The van der Waals surface area contributed by atoms with Crippen molar-refractivity contribution < 1.29 is 9.13 Å². The Labute approximate surface area is 176 Å². The lowest BCUT2D eigenvalue weighted by Gasteiger charge is -2.10. The van der Waals surface area contributed by atoms with Crippen molar-refractivity contribution in [2.75, 3.05) is 0 Å². The lowest BCUT2D eigenvalue weighted by molar-refractivity contribution is 0.300. The third-order valence-corrected chi connectivity index (χ3v) is 5.18. The van der Waals surface area contributed by atoms with Gasteiger partial charge in [0.2, 0.25) is 5.56 Å². The second-order valence-electron chi connectivity index (χ2n) is 7.16. The first-order valence-electron chi connectivity index (χ1n) is 9.64. The summed E-state index contributed by atoms with van der Waals surface area (Å²) < 4.78 is 22.6. The van der Waals surface area contributed by atoms with Gasteiger partial charge in [-0.25, -0.2) is 9.37 Å². The maximum Gasteiger partial charge on any atom is 0.247 e. The molecule has 0 unspecified atom stereocenters. The first-order chi connectivity index (χ1) is 15.1. The molecule has 2 N–H and O–H groups in total. The van der Waals surface area contributed by atoms with Crippen LogP contribution in [0.3, 0.4) is 0 Å². The smallest absolute Gasteiger partial charge is 0.247 e. The number of hydrogen-bond donors (Lipinski definition) is 2. The van der Waals surface area contributed by atoms with Crippen molar-refractivity contribution in [2.45, 2.75) is 6.61 Å². The van der Waals surface area contributed by atoms with E-state index in [-0.39, 0.29) is 18.0 Å². The van der Waals surface area contributed by atoms with Crippen LogP contribution in [0, 0.1) is 5.82 Å². The number of ether oxygens (including phenoxy) is 1. The Bertz CT molecular complexity index is 1430. The SMILES string of the molecule is Cn1cnc2c(-c3ccc(OCc4[nH]ncc4-c4ccc(=O)[nH]c4)cc3F)cccc21.